The van der Waals surface area contributed by atoms with Gasteiger partial charge in [-0.1, -0.05) is 40.0 Å². The summed E-state index contributed by atoms with van der Waals surface area (Å²) in [6, 6.07) is 0.451. The third-order valence-electron chi connectivity index (χ3n) is 5.28. The van der Waals surface area contributed by atoms with Gasteiger partial charge in [0.25, 0.3) is 0 Å². The van der Waals surface area contributed by atoms with Crippen LogP contribution >= 0.6 is 24.0 Å². The van der Waals surface area contributed by atoms with E-state index in [0.717, 1.165) is 71.0 Å². The van der Waals surface area contributed by atoms with E-state index in [1.165, 1.54) is 0 Å². The van der Waals surface area contributed by atoms with Gasteiger partial charge in [0.05, 0.1) is 13.2 Å². The molecule has 1 amide bonds. The number of carbonyl (C=O) groups excluding carboxylic acids is 1. The van der Waals surface area contributed by atoms with Crippen LogP contribution < -0.4 is 10.6 Å². The van der Waals surface area contributed by atoms with Crippen LogP contribution in [-0.4, -0.2) is 87.7 Å². The van der Waals surface area contributed by atoms with E-state index < -0.39 is 0 Å². The molecule has 0 saturated carbocycles. The van der Waals surface area contributed by atoms with Gasteiger partial charge in [0.1, 0.15) is 6.54 Å². The zero-order valence-corrected chi connectivity index (χ0v) is 20.8. The number of nitrogens with zero attached hydrogens (tertiary/aromatic N) is 3. The lowest BCUT2D eigenvalue weighted by Gasteiger charge is -2.39. The van der Waals surface area contributed by atoms with Crippen molar-refractivity contribution in [3.05, 3.63) is 0 Å². The Morgan fingerprint density at radius 3 is 2.32 bits per heavy atom. The highest BCUT2D eigenvalue weighted by Crippen LogP contribution is 2.19. The molecule has 0 aliphatic carbocycles. The number of likely N-dealkylation sites (N-methyl/N-ethyl adjacent to an activating group) is 1. The molecule has 1 atom stereocenters. The van der Waals surface area contributed by atoms with Crippen LogP contribution in [0.25, 0.3) is 0 Å². The van der Waals surface area contributed by atoms with Gasteiger partial charge in [-0.2, -0.15) is 0 Å². The highest BCUT2D eigenvalue weighted by molar-refractivity contribution is 14.0. The summed E-state index contributed by atoms with van der Waals surface area (Å²) in [6.07, 6.45) is 4.53. The summed E-state index contributed by atoms with van der Waals surface area (Å²) >= 11 is 0. The average molecular weight is 511 g/mol. The number of aliphatic imine (C=N–C) groups is 1. The fraction of sp³-hybridized carbons (Fsp3) is 0.900. The lowest BCUT2D eigenvalue weighted by molar-refractivity contribution is -0.127. The Balaban J connectivity index is 0.00000729. The van der Waals surface area contributed by atoms with E-state index in [2.05, 4.69) is 41.3 Å². The Bertz CT molecular complexity index is 438. The van der Waals surface area contributed by atoms with Crippen LogP contribution in [0.5, 0.6) is 0 Å². The summed E-state index contributed by atoms with van der Waals surface area (Å²) in [7, 11) is 3.52. The van der Waals surface area contributed by atoms with Gasteiger partial charge < -0.3 is 20.3 Å². The van der Waals surface area contributed by atoms with Gasteiger partial charge in [0.2, 0.25) is 5.91 Å². The Morgan fingerprint density at radius 1 is 1.14 bits per heavy atom. The molecule has 1 heterocycles. The first-order valence-corrected chi connectivity index (χ1v) is 10.6. The SMILES string of the molecule is CCCCNC(=NCC(=O)N(C)C)NCC(C(CC)CC)N1CCOCC1.I. The molecule has 1 rings (SSSR count). The minimum atomic E-state index is 0. The first-order valence-electron chi connectivity index (χ1n) is 10.6. The minimum absolute atomic E-state index is 0. The Kier molecular flexibility index (Phi) is 15.9. The maximum atomic E-state index is 11.9. The quantitative estimate of drug-likeness (QED) is 0.193. The van der Waals surface area contributed by atoms with Crippen LogP contribution in [0.15, 0.2) is 4.99 Å². The normalized spacial score (nSPS) is 16.4. The second kappa shape index (κ2) is 16.2. The molecule has 166 valence electrons. The molecular weight excluding hydrogens is 469 g/mol. The number of hydrogen-bond donors (Lipinski definition) is 2. The highest BCUT2D eigenvalue weighted by atomic mass is 127. The molecule has 0 radical (unpaired) electrons. The van der Waals surface area contributed by atoms with E-state index in [1.54, 1.807) is 19.0 Å². The van der Waals surface area contributed by atoms with Crippen LogP contribution in [0, 0.1) is 5.92 Å². The van der Waals surface area contributed by atoms with Gasteiger partial charge in [-0.15, -0.1) is 24.0 Å². The van der Waals surface area contributed by atoms with E-state index in [1.807, 2.05) is 0 Å². The summed E-state index contributed by atoms with van der Waals surface area (Å²) < 4.78 is 5.53. The first kappa shape index (κ1) is 27.4. The second-order valence-electron chi connectivity index (χ2n) is 7.41. The summed E-state index contributed by atoms with van der Waals surface area (Å²) in [5.74, 6) is 1.38. The van der Waals surface area contributed by atoms with Crippen LogP contribution in [0.2, 0.25) is 0 Å². The summed E-state index contributed by atoms with van der Waals surface area (Å²) in [4.78, 5) is 20.5. The molecule has 2 N–H and O–H groups in total. The molecule has 8 heteroatoms. The van der Waals surface area contributed by atoms with Crippen molar-refractivity contribution >= 4 is 35.8 Å². The molecule has 0 aromatic heterocycles. The molecule has 28 heavy (non-hydrogen) atoms. The molecule has 1 saturated heterocycles. The van der Waals surface area contributed by atoms with E-state index >= 15 is 0 Å². The number of amides is 1. The summed E-state index contributed by atoms with van der Waals surface area (Å²) in [6.45, 7) is 12.2. The number of nitrogens with one attached hydrogen (secondary N) is 2. The second-order valence-corrected chi connectivity index (χ2v) is 7.41. The molecule has 1 aliphatic heterocycles. The van der Waals surface area contributed by atoms with Crippen LogP contribution in [-0.2, 0) is 9.53 Å². The van der Waals surface area contributed by atoms with Crippen molar-refractivity contribution in [3.63, 3.8) is 0 Å². The average Bonchev–Trinajstić information content (AvgIpc) is 2.69. The summed E-state index contributed by atoms with van der Waals surface area (Å²) in [5, 5.41) is 6.88. The smallest absolute Gasteiger partial charge is 0.243 e. The van der Waals surface area contributed by atoms with Gasteiger partial charge in [-0.05, 0) is 12.3 Å². The van der Waals surface area contributed by atoms with Crippen molar-refractivity contribution in [2.24, 2.45) is 10.9 Å². The molecular formula is C20H42IN5O2. The Labute approximate surface area is 189 Å². The topological polar surface area (TPSA) is 69.2 Å². The minimum Gasteiger partial charge on any atom is -0.379 e. The van der Waals surface area contributed by atoms with Gasteiger partial charge >= 0.3 is 0 Å². The number of carbonyl (C=O) groups is 1. The zero-order valence-electron chi connectivity index (χ0n) is 18.5. The maximum Gasteiger partial charge on any atom is 0.243 e. The summed E-state index contributed by atoms with van der Waals surface area (Å²) in [5.41, 5.74) is 0. The molecule has 0 bridgehead atoms. The van der Waals surface area contributed by atoms with Crippen LogP contribution in [0.4, 0.5) is 0 Å². The molecule has 7 nitrogen and oxygen atoms in total. The maximum absolute atomic E-state index is 11.9. The standard InChI is InChI=1S/C20H41N5O2.HI/c1-6-9-10-21-20(23-16-19(26)24(4)5)22-15-18(17(7-2)8-3)25-11-13-27-14-12-25;/h17-18H,6-16H2,1-5H3,(H2,21,22,23);1H. The highest BCUT2D eigenvalue weighted by Gasteiger charge is 2.27. The fourth-order valence-electron chi connectivity index (χ4n) is 3.38. The number of rotatable bonds is 11. The lowest BCUT2D eigenvalue weighted by Crippen LogP contribution is -2.53. The predicted molar refractivity (Wildman–Crippen MR) is 128 cm³/mol. The number of ether oxygens (including phenoxy) is 1. The predicted octanol–water partition coefficient (Wildman–Crippen LogP) is 2.16. The molecule has 0 aromatic carbocycles. The Morgan fingerprint density at radius 2 is 1.79 bits per heavy atom. The number of hydrogen-bond acceptors (Lipinski definition) is 4. The van der Waals surface area contributed by atoms with E-state index in [4.69, 9.17) is 4.74 Å². The van der Waals surface area contributed by atoms with Crippen molar-refractivity contribution in [2.75, 3.05) is 60.0 Å². The van der Waals surface area contributed by atoms with Crippen molar-refractivity contribution < 1.29 is 9.53 Å². The molecule has 1 fully saturated rings. The molecule has 0 spiro atoms. The third-order valence-corrected chi connectivity index (χ3v) is 5.28. The lowest BCUT2D eigenvalue weighted by atomic mass is 9.92. The van der Waals surface area contributed by atoms with Gasteiger partial charge in [0, 0.05) is 46.3 Å². The molecule has 1 aliphatic rings. The number of morpholine rings is 1. The van der Waals surface area contributed by atoms with E-state index in [9.17, 15) is 4.79 Å². The van der Waals surface area contributed by atoms with Gasteiger partial charge in [0.15, 0.2) is 5.96 Å². The number of halogens is 1. The zero-order chi connectivity index (χ0) is 20.1. The van der Waals surface area contributed by atoms with Gasteiger partial charge in [-0.3, -0.25) is 9.69 Å². The Hall–Kier alpha value is -0.610. The monoisotopic (exact) mass is 511 g/mol. The van der Waals surface area contributed by atoms with E-state index in [0.29, 0.717) is 12.0 Å². The van der Waals surface area contributed by atoms with Crippen molar-refractivity contribution in [3.8, 4) is 0 Å². The van der Waals surface area contributed by atoms with Crippen molar-refractivity contribution in [1.82, 2.24) is 20.4 Å². The number of guanidine groups is 1. The first-order chi connectivity index (χ1) is 13.0. The fourth-order valence-corrected chi connectivity index (χ4v) is 3.38. The number of unbranched alkanes of at least 4 members (excludes halogenated alkanes) is 1. The molecule has 1 unspecified atom stereocenters. The third kappa shape index (κ3) is 10.2. The van der Waals surface area contributed by atoms with Crippen LogP contribution in [0.1, 0.15) is 46.5 Å². The largest absolute Gasteiger partial charge is 0.379 e. The molecule has 0 aromatic rings. The van der Waals surface area contributed by atoms with E-state index in [-0.39, 0.29) is 36.4 Å². The van der Waals surface area contributed by atoms with Crippen molar-refractivity contribution in [2.45, 2.75) is 52.5 Å². The van der Waals surface area contributed by atoms with Gasteiger partial charge in [-0.25, -0.2) is 4.99 Å². The van der Waals surface area contributed by atoms with Crippen LogP contribution in [0.3, 0.4) is 0 Å². The van der Waals surface area contributed by atoms with Crippen molar-refractivity contribution in [1.29, 1.82) is 0 Å².